The van der Waals surface area contributed by atoms with Crippen molar-refractivity contribution >= 4 is 15.9 Å². The average Bonchev–Trinajstić information content (AvgIpc) is 2.37. The normalized spacial score (nSPS) is 10.5. The summed E-state index contributed by atoms with van der Waals surface area (Å²) in [5.41, 5.74) is 4.27. The fraction of sp³-hybridized carbons (Fsp3) is 0.250. The van der Waals surface area contributed by atoms with Gasteiger partial charge in [-0.3, -0.25) is 0 Å². The smallest absolute Gasteiger partial charge is 0.125 e. The lowest BCUT2D eigenvalue weighted by Gasteiger charge is -2.13. The monoisotopic (exact) mass is 322 g/mol. The summed E-state index contributed by atoms with van der Waals surface area (Å²) in [7, 11) is 0. The van der Waals surface area contributed by atoms with E-state index in [4.69, 9.17) is 4.74 Å². The van der Waals surface area contributed by atoms with E-state index in [-0.39, 0.29) is 5.82 Å². The molecule has 0 saturated carbocycles. The van der Waals surface area contributed by atoms with Crippen LogP contribution in [0.3, 0.4) is 0 Å². The third-order valence-electron chi connectivity index (χ3n) is 2.95. The Bertz CT molecular complexity index is 558. The number of hydrogen-bond acceptors (Lipinski definition) is 1. The first kappa shape index (κ1) is 14.1. The van der Waals surface area contributed by atoms with Crippen LogP contribution < -0.4 is 4.74 Å². The minimum Gasteiger partial charge on any atom is -0.488 e. The largest absolute Gasteiger partial charge is 0.488 e. The highest BCUT2D eigenvalue weighted by atomic mass is 79.9. The highest BCUT2D eigenvalue weighted by molar-refractivity contribution is 9.08. The standard InChI is InChI=1S/C16H16BrFO/c1-11-6-14(9-17)7-12(2)16(11)19-10-13-4-3-5-15(18)8-13/h3-8H,9-10H2,1-2H3. The van der Waals surface area contributed by atoms with Crippen LogP contribution in [0.25, 0.3) is 0 Å². The molecule has 2 aromatic carbocycles. The molecule has 0 aliphatic carbocycles. The van der Waals surface area contributed by atoms with Gasteiger partial charge in [-0.15, -0.1) is 0 Å². The average molecular weight is 323 g/mol. The molecular weight excluding hydrogens is 307 g/mol. The Labute approximate surface area is 121 Å². The summed E-state index contributed by atoms with van der Waals surface area (Å²) >= 11 is 3.45. The molecule has 100 valence electrons. The molecule has 0 unspecified atom stereocenters. The molecule has 0 spiro atoms. The van der Waals surface area contributed by atoms with Gasteiger partial charge in [0.05, 0.1) is 0 Å². The summed E-state index contributed by atoms with van der Waals surface area (Å²) in [5.74, 6) is 0.651. The van der Waals surface area contributed by atoms with Crippen LogP contribution in [0.2, 0.25) is 0 Å². The third-order valence-corrected chi connectivity index (χ3v) is 3.59. The zero-order valence-corrected chi connectivity index (χ0v) is 12.6. The van der Waals surface area contributed by atoms with Gasteiger partial charge < -0.3 is 4.74 Å². The maximum Gasteiger partial charge on any atom is 0.125 e. The lowest BCUT2D eigenvalue weighted by atomic mass is 10.1. The molecule has 0 radical (unpaired) electrons. The molecule has 0 aromatic heterocycles. The molecule has 0 atom stereocenters. The maximum atomic E-state index is 13.1. The fourth-order valence-corrected chi connectivity index (χ4v) is 2.45. The maximum absolute atomic E-state index is 13.1. The Morgan fingerprint density at radius 2 is 1.74 bits per heavy atom. The minimum atomic E-state index is -0.232. The molecule has 2 aromatic rings. The first-order valence-electron chi connectivity index (χ1n) is 6.13. The van der Waals surface area contributed by atoms with Crippen LogP contribution in [0.4, 0.5) is 4.39 Å². The van der Waals surface area contributed by atoms with E-state index in [0.29, 0.717) is 6.61 Å². The second-order valence-corrected chi connectivity index (χ2v) is 5.17. The van der Waals surface area contributed by atoms with E-state index >= 15 is 0 Å². The SMILES string of the molecule is Cc1cc(CBr)cc(C)c1OCc1cccc(F)c1. The van der Waals surface area contributed by atoms with Crippen LogP contribution in [-0.4, -0.2) is 0 Å². The van der Waals surface area contributed by atoms with Crippen LogP contribution in [-0.2, 0) is 11.9 Å². The third kappa shape index (κ3) is 3.57. The van der Waals surface area contributed by atoms with Gasteiger partial charge in [0.15, 0.2) is 0 Å². The molecule has 1 nitrogen and oxygen atoms in total. The van der Waals surface area contributed by atoms with Crippen molar-refractivity contribution in [3.8, 4) is 5.75 Å². The lowest BCUT2D eigenvalue weighted by Crippen LogP contribution is -2.00. The van der Waals surface area contributed by atoms with Gasteiger partial charge in [0.2, 0.25) is 0 Å². The van der Waals surface area contributed by atoms with E-state index in [9.17, 15) is 4.39 Å². The number of alkyl halides is 1. The van der Waals surface area contributed by atoms with Crippen molar-refractivity contribution < 1.29 is 9.13 Å². The summed E-state index contributed by atoms with van der Waals surface area (Å²) in [6.07, 6.45) is 0. The van der Waals surface area contributed by atoms with Crippen molar-refractivity contribution in [3.05, 3.63) is 64.5 Å². The fourth-order valence-electron chi connectivity index (χ4n) is 2.13. The molecular formula is C16H16BrFO. The van der Waals surface area contributed by atoms with Crippen LogP contribution in [0.15, 0.2) is 36.4 Å². The first-order chi connectivity index (χ1) is 9.10. The first-order valence-corrected chi connectivity index (χ1v) is 7.25. The van der Waals surface area contributed by atoms with Gasteiger partial charge in [-0.05, 0) is 48.2 Å². The second-order valence-electron chi connectivity index (χ2n) is 4.61. The molecule has 3 heteroatoms. The molecule has 0 aliphatic rings. The highest BCUT2D eigenvalue weighted by Crippen LogP contribution is 2.26. The van der Waals surface area contributed by atoms with Gasteiger partial charge in [0.25, 0.3) is 0 Å². The molecule has 0 aliphatic heterocycles. The Kier molecular flexibility index (Phi) is 4.59. The van der Waals surface area contributed by atoms with Gasteiger partial charge in [0.1, 0.15) is 18.2 Å². The van der Waals surface area contributed by atoms with Crippen molar-refractivity contribution in [2.45, 2.75) is 25.8 Å². The van der Waals surface area contributed by atoms with Gasteiger partial charge in [-0.25, -0.2) is 4.39 Å². The van der Waals surface area contributed by atoms with Gasteiger partial charge in [-0.1, -0.05) is 40.2 Å². The minimum absolute atomic E-state index is 0.232. The molecule has 0 fully saturated rings. The van der Waals surface area contributed by atoms with Crippen LogP contribution in [0.1, 0.15) is 22.3 Å². The Morgan fingerprint density at radius 1 is 1.05 bits per heavy atom. The van der Waals surface area contributed by atoms with E-state index in [0.717, 1.165) is 27.8 Å². The number of rotatable bonds is 4. The predicted octanol–water partition coefficient (Wildman–Crippen LogP) is 4.92. The number of ether oxygens (including phenoxy) is 1. The lowest BCUT2D eigenvalue weighted by molar-refractivity contribution is 0.301. The quantitative estimate of drug-likeness (QED) is 0.726. The van der Waals surface area contributed by atoms with Crippen LogP contribution >= 0.6 is 15.9 Å². The summed E-state index contributed by atoms with van der Waals surface area (Å²) in [4.78, 5) is 0. The van der Waals surface area contributed by atoms with Crippen LogP contribution in [0, 0.1) is 19.7 Å². The van der Waals surface area contributed by atoms with E-state index in [1.54, 1.807) is 6.07 Å². The molecule has 0 N–H and O–H groups in total. The Hall–Kier alpha value is -1.35. The Morgan fingerprint density at radius 3 is 2.32 bits per heavy atom. The molecule has 19 heavy (non-hydrogen) atoms. The van der Waals surface area contributed by atoms with Gasteiger partial charge >= 0.3 is 0 Å². The summed E-state index contributed by atoms with van der Waals surface area (Å²) in [6.45, 7) is 4.44. The van der Waals surface area contributed by atoms with Gasteiger partial charge in [-0.2, -0.15) is 0 Å². The zero-order chi connectivity index (χ0) is 13.8. The van der Waals surface area contributed by atoms with Crippen molar-refractivity contribution in [3.63, 3.8) is 0 Å². The van der Waals surface area contributed by atoms with Crippen LogP contribution in [0.5, 0.6) is 5.75 Å². The zero-order valence-electron chi connectivity index (χ0n) is 11.0. The number of hydrogen-bond donors (Lipinski definition) is 0. The second kappa shape index (κ2) is 6.20. The molecule has 0 amide bonds. The summed E-state index contributed by atoms with van der Waals surface area (Å²) < 4.78 is 18.9. The Balaban J connectivity index is 2.16. The van der Waals surface area contributed by atoms with E-state index < -0.39 is 0 Å². The highest BCUT2D eigenvalue weighted by Gasteiger charge is 2.06. The number of halogens is 2. The topological polar surface area (TPSA) is 9.23 Å². The number of benzene rings is 2. The molecule has 2 rings (SSSR count). The molecule has 0 bridgehead atoms. The van der Waals surface area contributed by atoms with Crippen molar-refractivity contribution in [1.29, 1.82) is 0 Å². The van der Waals surface area contributed by atoms with E-state index in [1.165, 1.54) is 17.7 Å². The van der Waals surface area contributed by atoms with Crippen molar-refractivity contribution in [1.82, 2.24) is 0 Å². The predicted molar refractivity (Wildman–Crippen MR) is 79.3 cm³/mol. The molecule has 0 heterocycles. The number of aryl methyl sites for hydroxylation is 2. The van der Waals surface area contributed by atoms with E-state index in [2.05, 4.69) is 28.1 Å². The van der Waals surface area contributed by atoms with Crippen molar-refractivity contribution in [2.24, 2.45) is 0 Å². The summed E-state index contributed by atoms with van der Waals surface area (Å²) in [6, 6.07) is 10.7. The van der Waals surface area contributed by atoms with E-state index in [1.807, 2.05) is 19.9 Å². The molecule has 0 saturated heterocycles. The van der Waals surface area contributed by atoms with Crippen molar-refractivity contribution in [2.75, 3.05) is 0 Å². The van der Waals surface area contributed by atoms with Gasteiger partial charge in [0, 0.05) is 5.33 Å². The summed E-state index contributed by atoms with van der Waals surface area (Å²) in [5, 5.41) is 0.832.